The Balaban J connectivity index is 1.14. The number of piperidine rings is 2. The van der Waals surface area contributed by atoms with E-state index in [1.54, 1.807) is 5.57 Å². The molecule has 2 fully saturated rings. The molecule has 6 rings (SSSR count). The maximum atomic E-state index is 14.1. The zero-order valence-corrected chi connectivity index (χ0v) is 25.6. The van der Waals surface area contributed by atoms with E-state index >= 15 is 0 Å². The molecule has 43 heavy (non-hydrogen) atoms. The molecule has 2 amide bonds. The van der Waals surface area contributed by atoms with Crippen molar-refractivity contribution in [3.8, 4) is 11.5 Å². The van der Waals surface area contributed by atoms with Gasteiger partial charge >= 0.3 is 0 Å². The summed E-state index contributed by atoms with van der Waals surface area (Å²) in [6.07, 6.45) is 15.6. The van der Waals surface area contributed by atoms with E-state index in [0.717, 1.165) is 63.0 Å². The zero-order chi connectivity index (χ0) is 29.6. The summed E-state index contributed by atoms with van der Waals surface area (Å²) in [5.41, 5.74) is 9.75. The van der Waals surface area contributed by atoms with E-state index in [4.69, 9.17) is 10.5 Å². The van der Waals surface area contributed by atoms with Crippen LogP contribution >= 0.6 is 0 Å². The van der Waals surface area contributed by atoms with E-state index in [-0.39, 0.29) is 17.9 Å². The first-order valence-electron chi connectivity index (χ1n) is 16.7. The van der Waals surface area contributed by atoms with Gasteiger partial charge in [0.15, 0.2) is 0 Å². The lowest BCUT2D eigenvalue weighted by molar-refractivity contribution is -0.122. The Morgan fingerprint density at radius 3 is 2.53 bits per heavy atom. The first kappa shape index (κ1) is 29.9. The van der Waals surface area contributed by atoms with Crippen molar-refractivity contribution in [2.45, 2.75) is 82.6 Å². The van der Waals surface area contributed by atoms with Crippen LogP contribution in [0.5, 0.6) is 11.5 Å². The number of amides is 2. The second-order valence-corrected chi connectivity index (χ2v) is 13.0. The average Bonchev–Trinajstić information content (AvgIpc) is 3.18. The molecule has 3 heterocycles. The average molecular weight is 585 g/mol. The van der Waals surface area contributed by atoms with Crippen LogP contribution in [0.2, 0.25) is 0 Å². The zero-order valence-electron chi connectivity index (χ0n) is 25.6. The summed E-state index contributed by atoms with van der Waals surface area (Å²) >= 11 is 0. The van der Waals surface area contributed by atoms with Crippen molar-refractivity contribution in [3.05, 3.63) is 70.8 Å². The summed E-state index contributed by atoms with van der Waals surface area (Å²) < 4.78 is 6.24. The minimum Gasteiger partial charge on any atom is -0.457 e. The number of rotatable bonds is 6. The van der Waals surface area contributed by atoms with Crippen molar-refractivity contribution in [2.24, 2.45) is 11.7 Å². The number of nitrogens with two attached hydrogens (primary N) is 1. The number of allylic oxidation sites excluding steroid dienone is 1. The van der Waals surface area contributed by atoms with Crippen LogP contribution in [0, 0.1) is 5.92 Å². The molecule has 1 aliphatic carbocycles. The van der Waals surface area contributed by atoms with Crippen LogP contribution in [0.1, 0.15) is 98.0 Å². The van der Waals surface area contributed by atoms with Crippen LogP contribution in [0.25, 0.3) is 0 Å². The van der Waals surface area contributed by atoms with Crippen LogP contribution in [-0.2, 0) is 4.79 Å². The van der Waals surface area contributed by atoms with Gasteiger partial charge in [0.1, 0.15) is 11.5 Å². The molecule has 7 heteroatoms. The molecule has 2 atom stereocenters. The Hall–Kier alpha value is -3.16. The van der Waals surface area contributed by atoms with Gasteiger partial charge in [0.25, 0.3) is 5.91 Å². The van der Waals surface area contributed by atoms with Gasteiger partial charge in [-0.15, -0.1) is 0 Å². The fourth-order valence-electron chi connectivity index (χ4n) is 7.39. The Morgan fingerprint density at radius 1 is 0.884 bits per heavy atom. The predicted molar refractivity (Wildman–Crippen MR) is 170 cm³/mol. The Morgan fingerprint density at radius 2 is 1.67 bits per heavy atom. The van der Waals surface area contributed by atoms with Crippen LogP contribution in [0.15, 0.2) is 54.1 Å². The van der Waals surface area contributed by atoms with Crippen molar-refractivity contribution in [1.29, 1.82) is 0 Å². The molecule has 3 N–H and O–H groups in total. The van der Waals surface area contributed by atoms with Gasteiger partial charge in [-0.1, -0.05) is 49.1 Å². The molecular weight excluding hydrogens is 536 g/mol. The largest absolute Gasteiger partial charge is 0.457 e. The first-order chi connectivity index (χ1) is 21.1. The fourth-order valence-corrected chi connectivity index (χ4v) is 7.39. The Labute approximate surface area is 256 Å². The minimum absolute atomic E-state index is 0.00127. The number of ether oxygens (including phenoxy) is 1. The first-order valence-corrected chi connectivity index (χ1v) is 16.7. The number of likely N-dealkylation sites (tertiary alicyclic amines) is 2. The van der Waals surface area contributed by atoms with E-state index in [9.17, 15) is 9.59 Å². The van der Waals surface area contributed by atoms with E-state index in [1.807, 2.05) is 47.4 Å². The van der Waals surface area contributed by atoms with Crippen LogP contribution in [0.4, 0.5) is 0 Å². The summed E-state index contributed by atoms with van der Waals surface area (Å²) in [5, 5.41) is 3.40. The Kier molecular flexibility index (Phi) is 9.79. The number of carbonyl (C=O) groups excluding carboxylic acids is 2. The highest BCUT2D eigenvalue weighted by atomic mass is 16.5. The summed E-state index contributed by atoms with van der Waals surface area (Å²) in [4.78, 5) is 32.1. The molecule has 0 aromatic heterocycles. The third kappa shape index (κ3) is 7.15. The lowest BCUT2D eigenvalue weighted by atomic mass is 9.85. The van der Waals surface area contributed by atoms with Gasteiger partial charge in [0.05, 0.1) is 5.92 Å². The number of benzene rings is 2. The molecule has 2 saturated heterocycles. The summed E-state index contributed by atoms with van der Waals surface area (Å²) in [5.74, 6) is 1.16. The molecule has 4 aliphatic rings. The van der Waals surface area contributed by atoms with Crippen molar-refractivity contribution in [1.82, 2.24) is 15.1 Å². The van der Waals surface area contributed by atoms with Gasteiger partial charge in [-0.05, 0) is 88.1 Å². The standard InChI is InChI=1S/C36H48N4O3/c37-23-27-12-9-19-40(25-27)36(42)28-15-16-33-31(22-28)34(30-13-7-8-14-32(30)43-33)35(41)38-29-17-20-39(21-18-29)24-26-10-5-3-1-2-4-6-11-26/h7-8,10,13-16,22,27,29,34H,1-6,9,11-12,17-21,23-25,37H2,(H,38,41)/t27-,34?/m0/s1. The Bertz CT molecular complexity index is 1320. The maximum Gasteiger partial charge on any atom is 0.253 e. The fraction of sp³-hybridized carbons (Fsp3) is 0.556. The molecule has 0 bridgehead atoms. The highest BCUT2D eigenvalue weighted by molar-refractivity contribution is 5.96. The van der Waals surface area contributed by atoms with Gasteiger partial charge in [-0.3, -0.25) is 14.5 Å². The number of fused-ring (bicyclic) bond motifs is 2. The van der Waals surface area contributed by atoms with Gasteiger partial charge in [0.2, 0.25) is 5.91 Å². The van der Waals surface area contributed by atoms with Crippen molar-refractivity contribution in [2.75, 3.05) is 39.3 Å². The number of para-hydroxylation sites is 1. The normalized spacial score (nSPS) is 23.5. The van der Waals surface area contributed by atoms with Crippen LogP contribution < -0.4 is 15.8 Å². The molecule has 2 aromatic carbocycles. The highest BCUT2D eigenvalue weighted by Gasteiger charge is 2.35. The topological polar surface area (TPSA) is 87.9 Å². The highest BCUT2D eigenvalue weighted by Crippen LogP contribution is 2.44. The molecule has 0 saturated carbocycles. The molecule has 3 aliphatic heterocycles. The molecule has 0 radical (unpaired) electrons. The number of nitrogens with zero attached hydrogens (tertiary/aromatic N) is 2. The molecule has 7 nitrogen and oxygen atoms in total. The van der Waals surface area contributed by atoms with Gasteiger partial charge < -0.3 is 20.7 Å². The quantitative estimate of drug-likeness (QED) is 0.408. The van der Waals surface area contributed by atoms with Crippen LogP contribution in [0.3, 0.4) is 0 Å². The summed E-state index contributed by atoms with van der Waals surface area (Å²) in [7, 11) is 0. The molecule has 0 spiro atoms. The number of hydrogen-bond acceptors (Lipinski definition) is 5. The second-order valence-electron chi connectivity index (χ2n) is 13.0. The minimum atomic E-state index is -0.520. The van der Waals surface area contributed by atoms with Crippen LogP contribution in [-0.4, -0.2) is 66.9 Å². The predicted octanol–water partition coefficient (Wildman–Crippen LogP) is 5.99. The van der Waals surface area contributed by atoms with Gasteiger partial charge in [-0.2, -0.15) is 0 Å². The third-order valence-corrected chi connectivity index (χ3v) is 9.92. The van der Waals surface area contributed by atoms with E-state index < -0.39 is 5.92 Å². The molecular formula is C36H48N4O3. The van der Waals surface area contributed by atoms with Gasteiger partial charge in [0, 0.05) is 55.5 Å². The van der Waals surface area contributed by atoms with Crippen molar-refractivity contribution in [3.63, 3.8) is 0 Å². The van der Waals surface area contributed by atoms with Crippen molar-refractivity contribution >= 4 is 11.8 Å². The number of carbonyl (C=O) groups is 2. The van der Waals surface area contributed by atoms with Crippen molar-refractivity contribution < 1.29 is 14.3 Å². The lowest BCUT2D eigenvalue weighted by Crippen LogP contribution is -2.46. The monoisotopic (exact) mass is 584 g/mol. The summed E-state index contributed by atoms with van der Waals surface area (Å²) in [6.45, 7) is 5.10. The van der Waals surface area contributed by atoms with E-state index in [0.29, 0.717) is 36.1 Å². The maximum absolute atomic E-state index is 14.1. The number of nitrogens with one attached hydrogen (secondary N) is 1. The smallest absolute Gasteiger partial charge is 0.253 e. The summed E-state index contributed by atoms with van der Waals surface area (Å²) in [6, 6.07) is 13.5. The van der Waals surface area contributed by atoms with Gasteiger partial charge in [-0.25, -0.2) is 0 Å². The second kappa shape index (κ2) is 14.1. The molecule has 2 aromatic rings. The van der Waals surface area contributed by atoms with E-state index in [1.165, 1.54) is 44.9 Å². The molecule has 1 unspecified atom stereocenters. The number of hydrogen-bond donors (Lipinski definition) is 2. The lowest BCUT2D eigenvalue weighted by Gasteiger charge is -2.35. The van der Waals surface area contributed by atoms with E-state index in [2.05, 4.69) is 16.3 Å². The molecule has 230 valence electrons. The third-order valence-electron chi connectivity index (χ3n) is 9.92. The SMILES string of the molecule is NC[C@@H]1CCCN(C(=O)c2ccc3c(c2)C(C(=O)NC2CCN(CC4=CCCCCCCC4)CC2)c2ccccc2O3)C1.